The molecule has 5 heteroatoms. The summed E-state index contributed by atoms with van der Waals surface area (Å²) < 4.78 is 0. The Labute approximate surface area is 208 Å². The highest BCUT2D eigenvalue weighted by atomic mass is 16.2. The summed E-state index contributed by atoms with van der Waals surface area (Å²) in [5.41, 5.74) is 4.82. The smallest absolute Gasteiger partial charge is 0.227 e. The zero-order valence-corrected chi connectivity index (χ0v) is 20.7. The quantitative estimate of drug-likeness (QED) is 0.337. The van der Waals surface area contributed by atoms with Gasteiger partial charge in [-0.1, -0.05) is 57.6 Å². The summed E-state index contributed by atoms with van der Waals surface area (Å²) in [5.74, 6) is 1.01. The summed E-state index contributed by atoms with van der Waals surface area (Å²) in [7, 11) is 0. The van der Waals surface area contributed by atoms with Gasteiger partial charge in [-0.15, -0.1) is 0 Å². The van der Waals surface area contributed by atoms with E-state index in [1.165, 1.54) is 19.3 Å². The average molecular weight is 472 g/mol. The number of anilines is 2. The first kappa shape index (κ1) is 23.7. The van der Waals surface area contributed by atoms with Crippen molar-refractivity contribution >= 4 is 34.1 Å². The van der Waals surface area contributed by atoms with E-state index in [0.29, 0.717) is 5.92 Å². The topological polar surface area (TPSA) is 74.0 Å². The van der Waals surface area contributed by atoms with E-state index in [0.717, 1.165) is 78.5 Å². The Kier molecular flexibility index (Phi) is 7.21. The molecule has 0 aliphatic heterocycles. The number of benzene rings is 2. The highest BCUT2D eigenvalue weighted by Crippen LogP contribution is 2.32. The fraction of sp³-hybridized carbons (Fsp3) is 0.467. The van der Waals surface area contributed by atoms with Crippen LogP contribution in [0.15, 0.2) is 48.5 Å². The van der Waals surface area contributed by atoms with Crippen LogP contribution in [-0.2, 0) is 9.59 Å². The van der Waals surface area contributed by atoms with Crippen molar-refractivity contribution in [1.82, 2.24) is 4.98 Å². The molecule has 5 nitrogen and oxygen atoms in total. The standard InChI is InChI=1S/C30H37N3O2/c1-20-8-6-7-11-26(20)30(35)32-25-16-17-27-23(18-25)19-28(33-27)21-12-14-24(15-13-21)31-29(34)22-9-4-2-3-5-10-22/h12-20,22,26,33H,2-11H2,1H3,(H,31,34)(H,32,35). The molecule has 2 amide bonds. The monoisotopic (exact) mass is 471 g/mol. The lowest BCUT2D eigenvalue weighted by atomic mass is 9.80. The Balaban J connectivity index is 1.25. The maximum absolute atomic E-state index is 12.8. The van der Waals surface area contributed by atoms with Gasteiger partial charge in [-0.2, -0.15) is 0 Å². The van der Waals surface area contributed by atoms with E-state index in [1.54, 1.807) is 0 Å². The fourth-order valence-corrected chi connectivity index (χ4v) is 5.83. The predicted octanol–water partition coefficient (Wildman–Crippen LogP) is 7.51. The minimum Gasteiger partial charge on any atom is -0.355 e. The number of H-pyrrole nitrogens is 1. The van der Waals surface area contributed by atoms with Crippen molar-refractivity contribution in [1.29, 1.82) is 0 Å². The molecule has 2 unspecified atom stereocenters. The number of nitrogens with one attached hydrogen (secondary N) is 3. The zero-order chi connectivity index (χ0) is 24.2. The third-order valence-corrected chi connectivity index (χ3v) is 8.03. The Morgan fingerprint density at radius 3 is 2.14 bits per heavy atom. The molecule has 3 aromatic rings. The molecule has 2 saturated carbocycles. The van der Waals surface area contributed by atoms with Crippen LogP contribution in [0, 0.1) is 17.8 Å². The Morgan fingerprint density at radius 1 is 0.743 bits per heavy atom. The molecule has 2 aromatic carbocycles. The number of fused-ring (bicyclic) bond motifs is 1. The van der Waals surface area contributed by atoms with Crippen molar-refractivity contribution in [3.8, 4) is 11.3 Å². The van der Waals surface area contributed by atoms with Gasteiger partial charge in [-0.25, -0.2) is 0 Å². The van der Waals surface area contributed by atoms with Gasteiger partial charge >= 0.3 is 0 Å². The molecular weight excluding hydrogens is 434 g/mol. The molecule has 0 bridgehead atoms. The maximum Gasteiger partial charge on any atom is 0.227 e. The molecule has 0 spiro atoms. The SMILES string of the molecule is CC1CCCCC1C(=O)Nc1ccc2[nH]c(-c3ccc(NC(=O)C4CCCCCC4)cc3)cc2c1. The number of carbonyl (C=O) groups excluding carboxylic acids is 2. The molecule has 2 atom stereocenters. The predicted molar refractivity (Wildman–Crippen MR) is 143 cm³/mol. The van der Waals surface area contributed by atoms with E-state index in [9.17, 15) is 9.59 Å². The summed E-state index contributed by atoms with van der Waals surface area (Å²) in [6.45, 7) is 2.19. The van der Waals surface area contributed by atoms with Crippen molar-refractivity contribution in [2.75, 3.05) is 10.6 Å². The third kappa shape index (κ3) is 5.61. The van der Waals surface area contributed by atoms with Crippen LogP contribution in [0.5, 0.6) is 0 Å². The lowest BCUT2D eigenvalue weighted by molar-refractivity contribution is -0.122. The number of hydrogen-bond donors (Lipinski definition) is 3. The first-order chi connectivity index (χ1) is 17.1. The molecule has 1 aromatic heterocycles. The van der Waals surface area contributed by atoms with E-state index < -0.39 is 0 Å². The first-order valence-corrected chi connectivity index (χ1v) is 13.4. The van der Waals surface area contributed by atoms with Crippen LogP contribution in [0.2, 0.25) is 0 Å². The van der Waals surface area contributed by atoms with Crippen LogP contribution in [-0.4, -0.2) is 16.8 Å². The van der Waals surface area contributed by atoms with Crippen LogP contribution in [0.1, 0.15) is 71.1 Å². The Morgan fingerprint density at radius 2 is 1.40 bits per heavy atom. The highest BCUT2D eigenvalue weighted by molar-refractivity contribution is 5.96. The average Bonchev–Trinajstić information content (AvgIpc) is 3.09. The number of hydrogen-bond acceptors (Lipinski definition) is 2. The summed E-state index contributed by atoms with van der Waals surface area (Å²) in [4.78, 5) is 29.0. The van der Waals surface area contributed by atoms with E-state index in [1.807, 2.05) is 42.5 Å². The summed E-state index contributed by atoms with van der Waals surface area (Å²) in [6, 6.07) is 16.2. The molecule has 5 rings (SSSR count). The maximum atomic E-state index is 12.8. The van der Waals surface area contributed by atoms with Crippen LogP contribution in [0.4, 0.5) is 11.4 Å². The van der Waals surface area contributed by atoms with E-state index in [2.05, 4.69) is 28.6 Å². The van der Waals surface area contributed by atoms with Crippen molar-refractivity contribution in [2.24, 2.45) is 17.8 Å². The van der Waals surface area contributed by atoms with E-state index in [4.69, 9.17) is 0 Å². The largest absolute Gasteiger partial charge is 0.355 e. The van der Waals surface area contributed by atoms with Gasteiger partial charge in [0.15, 0.2) is 0 Å². The second-order valence-electron chi connectivity index (χ2n) is 10.6. The number of amides is 2. The van der Waals surface area contributed by atoms with Crippen LogP contribution in [0.3, 0.4) is 0 Å². The highest BCUT2D eigenvalue weighted by Gasteiger charge is 2.27. The number of carbonyl (C=O) groups is 2. The van der Waals surface area contributed by atoms with Crippen LogP contribution >= 0.6 is 0 Å². The molecular formula is C30H37N3O2. The molecule has 2 fully saturated rings. The first-order valence-electron chi connectivity index (χ1n) is 13.4. The van der Waals surface area contributed by atoms with Gasteiger partial charge in [-0.3, -0.25) is 9.59 Å². The van der Waals surface area contributed by atoms with Crippen LogP contribution in [0.25, 0.3) is 22.2 Å². The van der Waals surface area contributed by atoms with Gasteiger partial charge in [0.2, 0.25) is 11.8 Å². The Bertz CT molecular complexity index is 1170. The minimum absolute atomic E-state index is 0.114. The number of aromatic amines is 1. The zero-order valence-electron chi connectivity index (χ0n) is 20.7. The van der Waals surface area contributed by atoms with Crippen molar-refractivity contribution in [3.63, 3.8) is 0 Å². The molecule has 0 saturated heterocycles. The van der Waals surface area contributed by atoms with Gasteiger partial charge in [0.05, 0.1) is 0 Å². The lowest BCUT2D eigenvalue weighted by Gasteiger charge is -2.27. The summed E-state index contributed by atoms with van der Waals surface area (Å²) in [5, 5.41) is 7.33. The van der Waals surface area contributed by atoms with Crippen LogP contribution < -0.4 is 10.6 Å². The summed E-state index contributed by atoms with van der Waals surface area (Å²) in [6.07, 6.45) is 11.3. The summed E-state index contributed by atoms with van der Waals surface area (Å²) >= 11 is 0. The van der Waals surface area contributed by atoms with Gasteiger partial charge in [0.25, 0.3) is 0 Å². The van der Waals surface area contributed by atoms with Crippen molar-refractivity contribution in [3.05, 3.63) is 48.5 Å². The van der Waals surface area contributed by atoms with Gasteiger partial charge in [0, 0.05) is 39.8 Å². The normalized spacial score (nSPS) is 21.4. The van der Waals surface area contributed by atoms with Gasteiger partial charge in [0.1, 0.15) is 0 Å². The van der Waals surface area contributed by atoms with Gasteiger partial charge < -0.3 is 15.6 Å². The second kappa shape index (κ2) is 10.7. The molecule has 1 heterocycles. The Hall–Kier alpha value is -3.08. The molecule has 3 N–H and O–H groups in total. The van der Waals surface area contributed by atoms with E-state index in [-0.39, 0.29) is 23.7 Å². The lowest BCUT2D eigenvalue weighted by Crippen LogP contribution is -2.30. The van der Waals surface area contributed by atoms with E-state index >= 15 is 0 Å². The van der Waals surface area contributed by atoms with Gasteiger partial charge in [-0.05, 0) is 73.6 Å². The van der Waals surface area contributed by atoms with Crippen molar-refractivity contribution in [2.45, 2.75) is 71.1 Å². The fourth-order valence-electron chi connectivity index (χ4n) is 5.83. The molecule has 184 valence electrons. The van der Waals surface area contributed by atoms with Crippen molar-refractivity contribution < 1.29 is 9.59 Å². The molecule has 2 aliphatic carbocycles. The molecule has 35 heavy (non-hydrogen) atoms. The molecule has 2 aliphatic rings. The minimum atomic E-state index is 0.114. The number of aromatic nitrogens is 1. The third-order valence-electron chi connectivity index (χ3n) is 8.03. The second-order valence-corrected chi connectivity index (χ2v) is 10.6. The number of rotatable bonds is 5. The molecule has 0 radical (unpaired) electrons.